The zero-order valence-corrected chi connectivity index (χ0v) is 12.7. The predicted octanol–water partition coefficient (Wildman–Crippen LogP) is 1.41. The van der Waals surface area contributed by atoms with Gasteiger partial charge in [0.05, 0.1) is 11.5 Å². The van der Waals surface area contributed by atoms with Gasteiger partial charge in [0.15, 0.2) is 0 Å². The number of nitrogens with zero attached hydrogens (tertiary/aromatic N) is 3. The average Bonchev–Trinajstić information content (AvgIpc) is 2.92. The summed E-state index contributed by atoms with van der Waals surface area (Å²) in [4.78, 5) is 27.8. The van der Waals surface area contributed by atoms with Crippen LogP contribution in [0.15, 0.2) is 6.20 Å². The Morgan fingerprint density at radius 3 is 3.04 bits per heavy atom. The van der Waals surface area contributed by atoms with Crippen molar-refractivity contribution in [3.05, 3.63) is 21.9 Å². The number of aromatic nitrogens is 1. The molecular weight excluding hydrogens is 304 g/mol. The van der Waals surface area contributed by atoms with Crippen LogP contribution in [-0.4, -0.2) is 46.8 Å². The molecule has 2 aliphatic rings. The van der Waals surface area contributed by atoms with Gasteiger partial charge in [0.2, 0.25) is 5.88 Å². The minimum Gasteiger partial charge on any atom is -0.477 e. The molecule has 9 nitrogen and oxygen atoms in total. The van der Waals surface area contributed by atoms with Crippen LogP contribution in [0.1, 0.15) is 18.9 Å². The normalized spacial score (nSPS) is 23.1. The van der Waals surface area contributed by atoms with Crippen LogP contribution < -0.4 is 15.0 Å². The van der Waals surface area contributed by atoms with Gasteiger partial charge in [0, 0.05) is 31.1 Å². The lowest BCUT2D eigenvalue weighted by molar-refractivity contribution is -0.384. The van der Waals surface area contributed by atoms with E-state index < -0.39 is 11.0 Å². The summed E-state index contributed by atoms with van der Waals surface area (Å²) in [6.07, 6.45) is 1.42. The van der Waals surface area contributed by atoms with Gasteiger partial charge in [-0.3, -0.25) is 10.1 Å². The number of hydrogen-bond donors (Lipinski definition) is 2. The molecule has 1 amide bonds. The molecule has 0 spiro atoms. The summed E-state index contributed by atoms with van der Waals surface area (Å²) in [5, 5.41) is 22.8. The standard InChI is InChI=1S/C14H18N4O5/c1-8-4-9(16-14(19)20)7-17(6-8)12-10-2-3-23-13(10)15-5-11(12)18(21)22/h5,8-9,16H,2-4,6-7H2,1H3,(H,19,20)/t8-,9+/m1/s1. The molecule has 23 heavy (non-hydrogen) atoms. The Balaban J connectivity index is 1.98. The molecule has 3 heterocycles. The number of rotatable bonds is 3. The second-order valence-corrected chi connectivity index (χ2v) is 6.02. The lowest BCUT2D eigenvalue weighted by atomic mass is 9.94. The van der Waals surface area contributed by atoms with E-state index in [1.165, 1.54) is 6.20 Å². The highest BCUT2D eigenvalue weighted by Crippen LogP contribution is 2.40. The average molecular weight is 322 g/mol. The molecule has 0 bridgehead atoms. The first-order chi connectivity index (χ1) is 11.0. The fourth-order valence-electron chi connectivity index (χ4n) is 3.41. The molecular formula is C14H18N4O5. The van der Waals surface area contributed by atoms with Gasteiger partial charge in [-0.2, -0.15) is 0 Å². The van der Waals surface area contributed by atoms with Gasteiger partial charge < -0.3 is 20.1 Å². The third-order valence-electron chi connectivity index (χ3n) is 4.18. The number of nitrogens with one attached hydrogen (secondary N) is 1. The van der Waals surface area contributed by atoms with Crippen molar-refractivity contribution in [1.29, 1.82) is 0 Å². The molecule has 1 fully saturated rings. The topological polar surface area (TPSA) is 118 Å². The molecule has 0 aromatic carbocycles. The summed E-state index contributed by atoms with van der Waals surface area (Å²) < 4.78 is 5.41. The fourth-order valence-corrected chi connectivity index (χ4v) is 3.41. The van der Waals surface area contributed by atoms with E-state index in [1.807, 2.05) is 11.8 Å². The number of carbonyl (C=O) groups is 1. The molecule has 124 valence electrons. The largest absolute Gasteiger partial charge is 0.477 e. The van der Waals surface area contributed by atoms with Crippen LogP contribution in [0.2, 0.25) is 0 Å². The first-order valence-corrected chi connectivity index (χ1v) is 7.49. The van der Waals surface area contributed by atoms with E-state index in [0.717, 1.165) is 5.56 Å². The maximum atomic E-state index is 11.4. The molecule has 2 atom stereocenters. The van der Waals surface area contributed by atoms with Gasteiger partial charge in [0.1, 0.15) is 11.9 Å². The van der Waals surface area contributed by atoms with Crippen LogP contribution >= 0.6 is 0 Å². The van der Waals surface area contributed by atoms with E-state index in [-0.39, 0.29) is 17.6 Å². The number of anilines is 1. The van der Waals surface area contributed by atoms with E-state index >= 15 is 0 Å². The lowest BCUT2D eigenvalue weighted by Crippen LogP contribution is -2.50. The number of nitro groups is 1. The number of amides is 1. The zero-order chi connectivity index (χ0) is 16.6. The second kappa shape index (κ2) is 5.90. The Kier molecular flexibility index (Phi) is 3.93. The third kappa shape index (κ3) is 2.99. The molecule has 0 radical (unpaired) electrons. The first-order valence-electron chi connectivity index (χ1n) is 7.49. The Labute approximate surface area is 132 Å². The second-order valence-electron chi connectivity index (χ2n) is 6.02. The van der Waals surface area contributed by atoms with E-state index in [1.54, 1.807) is 0 Å². The highest BCUT2D eigenvalue weighted by atomic mass is 16.6. The van der Waals surface area contributed by atoms with Gasteiger partial charge in [-0.05, 0) is 12.3 Å². The fraction of sp³-hybridized carbons (Fsp3) is 0.571. The highest BCUT2D eigenvalue weighted by Gasteiger charge is 2.34. The summed E-state index contributed by atoms with van der Waals surface area (Å²) in [6, 6.07) is -0.262. The summed E-state index contributed by atoms with van der Waals surface area (Å²) >= 11 is 0. The summed E-state index contributed by atoms with van der Waals surface area (Å²) in [7, 11) is 0. The summed E-state index contributed by atoms with van der Waals surface area (Å²) in [6.45, 7) is 3.49. The molecule has 1 aromatic heterocycles. The van der Waals surface area contributed by atoms with E-state index in [9.17, 15) is 14.9 Å². The number of ether oxygens (including phenoxy) is 1. The van der Waals surface area contributed by atoms with Crippen molar-refractivity contribution >= 4 is 17.5 Å². The van der Waals surface area contributed by atoms with Crippen LogP contribution in [0, 0.1) is 16.0 Å². The zero-order valence-electron chi connectivity index (χ0n) is 12.7. The molecule has 0 unspecified atom stereocenters. The summed E-state index contributed by atoms with van der Waals surface area (Å²) in [5.74, 6) is 0.651. The number of carboxylic acid groups (broad SMARTS) is 1. The van der Waals surface area contributed by atoms with Crippen molar-refractivity contribution in [2.75, 3.05) is 24.6 Å². The van der Waals surface area contributed by atoms with Crippen LogP contribution in [0.25, 0.3) is 0 Å². The van der Waals surface area contributed by atoms with Crippen molar-refractivity contribution in [3.8, 4) is 5.88 Å². The number of fused-ring (bicyclic) bond motifs is 1. The van der Waals surface area contributed by atoms with Gasteiger partial charge in [-0.25, -0.2) is 9.78 Å². The van der Waals surface area contributed by atoms with Gasteiger partial charge >= 0.3 is 11.8 Å². The number of piperidine rings is 1. The predicted molar refractivity (Wildman–Crippen MR) is 81.0 cm³/mol. The van der Waals surface area contributed by atoms with Crippen LogP contribution in [0.4, 0.5) is 16.2 Å². The van der Waals surface area contributed by atoms with Gasteiger partial charge in [-0.1, -0.05) is 6.92 Å². The molecule has 2 aliphatic heterocycles. The Morgan fingerprint density at radius 1 is 1.57 bits per heavy atom. The Morgan fingerprint density at radius 2 is 2.35 bits per heavy atom. The molecule has 0 saturated carbocycles. The van der Waals surface area contributed by atoms with Gasteiger partial charge in [0.25, 0.3) is 0 Å². The van der Waals surface area contributed by atoms with Crippen LogP contribution in [0.5, 0.6) is 5.88 Å². The molecule has 1 aromatic rings. The smallest absolute Gasteiger partial charge is 0.404 e. The molecule has 3 rings (SSSR count). The lowest BCUT2D eigenvalue weighted by Gasteiger charge is -2.38. The van der Waals surface area contributed by atoms with Crippen molar-refractivity contribution in [3.63, 3.8) is 0 Å². The number of hydrogen-bond acceptors (Lipinski definition) is 6. The van der Waals surface area contributed by atoms with Crippen molar-refractivity contribution < 1.29 is 19.6 Å². The molecule has 9 heteroatoms. The van der Waals surface area contributed by atoms with Crippen molar-refractivity contribution in [2.24, 2.45) is 5.92 Å². The van der Waals surface area contributed by atoms with E-state index in [2.05, 4.69) is 10.3 Å². The van der Waals surface area contributed by atoms with Gasteiger partial charge in [-0.15, -0.1) is 0 Å². The Hall–Kier alpha value is -2.58. The maximum Gasteiger partial charge on any atom is 0.404 e. The summed E-state index contributed by atoms with van der Waals surface area (Å²) in [5.41, 5.74) is 1.20. The first kappa shape index (κ1) is 15.3. The highest BCUT2D eigenvalue weighted by molar-refractivity contribution is 5.71. The third-order valence-corrected chi connectivity index (χ3v) is 4.18. The SMILES string of the molecule is C[C@@H]1C[C@H](NC(=O)O)CN(c2c([N+](=O)[O-])cnc3c2CCO3)C1. The Bertz CT molecular complexity index is 650. The molecule has 2 N–H and O–H groups in total. The van der Waals surface area contributed by atoms with Crippen LogP contribution in [0.3, 0.4) is 0 Å². The van der Waals surface area contributed by atoms with E-state index in [0.29, 0.717) is 44.1 Å². The monoisotopic (exact) mass is 322 g/mol. The minimum atomic E-state index is -1.08. The molecule has 1 saturated heterocycles. The number of pyridine rings is 1. The minimum absolute atomic E-state index is 0.0579. The van der Waals surface area contributed by atoms with Crippen LogP contribution in [-0.2, 0) is 6.42 Å². The molecule has 0 aliphatic carbocycles. The van der Waals surface area contributed by atoms with Crippen molar-refractivity contribution in [1.82, 2.24) is 10.3 Å². The van der Waals surface area contributed by atoms with Crippen molar-refractivity contribution in [2.45, 2.75) is 25.8 Å². The quantitative estimate of drug-likeness (QED) is 0.638. The maximum absolute atomic E-state index is 11.4. The van der Waals surface area contributed by atoms with E-state index in [4.69, 9.17) is 9.84 Å².